The lowest BCUT2D eigenvalue weighted by molar-refractivity contribution is -0.123. The van der Waals surface area contributed by atoms with E-state index in [4.69, 9.17) is 9.47 Å². The lowest BCUT2D eigenvalue weighted by Gasteiger charge is -2.16. The van der Waals surface area contributed by atoms with Crippen LogP contribution in [0.25, 0.3) is 28.0 Å². The summed E-state index contributed by atoms with van der Waals surface area (Å²) in [5.41, 5.74) is 4.40. The van der Waals surface area contributed by atoms with Gasteiger partial charge in [0.15, 0.2) is 0 Å². The van der Waals surface area contributed by atoms with Gasteiger partial charge in [0.2, 0.25) is 0 Å². The average Bonchev–Trinajstić information content (AvgIpc) is 3.24. The maximum Gasteiger partial charge on any atom is 0.405 e. The molecular weight excluding hydrogens is 451 g/mol. The first-order valence-electron chi connectivity index (χ1n) is 10.1. The molecule has 0 saturated heterocycles. The van der Waals surface area contributed by atoms with Gasteiger partial charge in [-0.05, 0) is 42.8 Å². The quantitative estimate of drug-likeness (QED) is 0.456. The van der Waals surface area contributed by atoms with Gasteiger partial charge in [0, 0.05) is 17.3 Å². The molecule has 4 aromatic rings. The van der Waals surface area contributed by atoms with Gasteiger partial charge in [-0.3, -0.25) is 9.20 Å². The highest BCUT2D eigenvalue weighted by Gasteiger charge is 2.30. The molecule has 11 heteroatoms. The number of pyridine rings is 1. The highest BCUT2D eigenvalue weighted by atomic mass is 19.4. The van der Waals surface area contributed by atoms with Crippen LogP contribution in [0.15, 0.2) is 48.9 Å². The lowest BCUT2D eigenvalue weighted by atomic mass is 10.1. The van der Waals surface area contributed by atoms with Crippen molar-refractivity contribution in [2.75, 3.05) is 20.8 Å². The summed E-state index contributed by atoms with van der Waals surface area (Å²) in [6, 6.07) is 8.83. The van der Waals surface area contributed by atoms with Crippen molar-refractivity contribution >= 4 is 11.6 Å². The fourth-order valence-corrected chi connectivity index (χ4v) is 3.56. The zero-order valence-electron chi connectivity index (χ0n) is 18.5. The zero-order valence-corrected chi connectivity index (χ0v) is 18.5. The van der Waals surface area contributed by atoms with E-state index in [1.165, 1.54) is 14.2 Å². The van der Waals surface area contributed by atoms with Crippen molar-refractivity contribution in [2.24, 2.45) is 0 Å². The molecule has 0 aliphatic heterocycles. The predicted octanol–water partition coefficient (Wildman–Crippen LogP) is 4.08. The molecule has 0 bridgehead atoms. The van der Waals surface area contributed by atoms with Crippen molar-refractivity contribution in [3.8, 4) is 33.9 Å². The van der Waals surface area contributed by atoms with Crippen molar-refractivity contribution < 1.29 is 27.4 Å². The molecule has 0 aliphatic carbocycles. The van der Waals surface area contributed by atoms with Gasteiger partial charge in [-0.15, -0.1) is 0 Å². The Balaban J connectivity index is 1.74. The van der Waals surface area contributed by atoms with Crippen molar-refractivity contribution in [1.29, 1.82) is 0 Å². The second-order valence-corrected chi connectivity index (χ2v) is 7.43. The van der Waals surface area contributed by atoms with E-state index in [1.807, 2.05) is 41.0 Å². The third-order valence-corrected chi connectivity index (χ3v) is 5.10. The Labute approximate surface area is 192 Å². The minimum absolute atomic E-state index is 0.0685. The van der Waals surface area contributed by atoms with Crippen LogP contribution in [0.2, 0.25) is 0 Å². The first kappa shape index (κ1) is 23.0. The largest absolute Gasteiger partial charge is 0.496 e. The van der Waals surface area contributed by atoms with Crippen LogP contribution in [0.1, 0.15) is 16.1 Å². The molecule has 1 N–H and O–H groups in total. The minimum atomic E-state index is -4.55. The number of methoxy groups -OCH3 is 2. The molecule has 1 aromatic carbocycles. The minimum Gasteiger partial charge on any atom is -0.496 e. The van der Waals surface area contributed by atoms with E-state index in [1.54, 1.807) is 24.5 Å². The summed E-state index contributed by atoms with van der Waals surface area (Å²) in [6.07, 6.45) is 0.607. The smallest absolute Gasteiger partial charge is 0.405 e. The summed E-state index contributed by atoms with van der Waals surface area (Å²) < 4.78 is 50.1. The number of ether oxygens (including phenoxy) is 2. The highest BCUT2D eigenvalue weighted by molar-refractivity contribution is 6.00. The molecule has 0 unspecified atom stereocenters. The normalized spacial score (nSPS) is 11.5. The van der Waals surface area contributed by atoms with E-state index in [9.17, 15) is 18.0 Å². The van der Waals surface area contributed by atoms with Crippen molar-refractivity contribution in [1.82, 2.24) is 24.9 Å². The molecule has 4 rings (SSSR count). The van der Waals surface area contributed by atoms with E-state index >= 15 is 0 Å². The number of rotatable bonds is 6. The number of amides is 1. The van der Waals surface area contributed by atoms with Gasteiger partial charge in [-0.2, -0.15) is 23.4 Å². The molecule has 8 nitrogen and oxygen atoms in total. The average molecular weight is 471 g/mol. The molecule has 3 heterocycles. The molecule has 0 spiro atoms. The van der Waals surface area contributed by atoms with E-state index in [0.29, 0.717) is 16.9 Å². The Morgan fingerprint density at radius 1 is 1.03 bits per heavy atom. The molecule has 0 atom stereocenters. The van der Waals surface area contributed by atoms with Gasteiger partial charge < -0.3 is 14.8 Å². The Kier molecular flexibility index (Phi) is 6.10. The summed E-state index contributed by atoms with van der Waals surface area (Å²) in [5.74, 6) is -0.820. The number of hydrogen-bond donors (Lipinski definition) is 1. The number of carbonyl (C=O) groups excluding carboxylic acids is 1. The number of alkyl halides is 3. The first-order valence-corrected chi connectivity index (χ1v) is 10.1. The third kappa shape index (κ3) is 4.63. The van der Waals surface area contributed by atoms with E-state index < -0.39 is 18.6 Å². The summed E-state index contributed by atoms with van der Waals surface area (Å²) in [4.78, 5) is 16.9. The fourth-order valence-electron chi connectivity index (χ4n) is 3.56. The number of aromatic nitrogens is 4. The number of halogens is 3. The van der Waals surface area contributed by atoms with Gasteiger partial charge in [0.1, 0.15) is 29.3 Å². The maximum atomic E-state index is 12.6. The van der Waals surface area contributed by atoms with E-state index in [2.05, 4.69) is 15.2 Å². The molecule has 34 heavy (non-hydrogen) atoms. The number of nitrogens with zero attached hydrogens (tertiary/aromatic N) is 4. The lowest BCUT2D eigenvalue weighted by Crippen LogP contribution is -2.34. The van der Waals surface area contributed by atoms with Crippen molar-refractivity contribution in [3.63, 3.8) is 0 Å². The number of hydrogen-bond acceptors (Lipinski definition) is 6. The molecule has 1 amide bonds. The van der Waals surface area contributed by atoms with Crippen LogP contribution < -0.4 is 14.8 Å². The number of fused-ring (bicyclic) bond motifs is 1. The number of imidazole rings is 1. The Morgan fingerprint density at radius 3 is 2.35 bits per heavy atom. The van der Waals surface area contributed by atoms with Crippen molar-refractivity contribution in [2.45, 2.75) is 13.1 Å². The SMILES string of the molecule is COc1cc(-c2cnc3cc(-c4cnnc(C)c4)ccn23)cc(OC)c1C(=O)NCC(F)(F)F. The summed E-state index contributed by atoms with van der Waals surface area (Å²) >= 11 is 0. The number of carbonyl (C=O) groups is 1. The monoisotopic (exact) mass is 471 g/mol. The van der Waals surface area contributed by atoms with Crippen LogP contribution in [-0.4, -0.2) is 52.4 Å². The van der Waals surface area contributed by atoms with E-state index in [-0.39, 0.29) is 17.1 Å². The second kappa shape index (κ2) is 9.00. The van der Waals surface area contributed by atoms with Crippen LogP contribution >= 0.6 is 0 Å². The molecular formula is C23H20F3N5O3. The molecule has 0 radical (unpaired) electrons. The zero-order chi connectivity index (χ0) is 24.5. The van der Waals surface area contributed by atoms with Gasteiger partial charge in [0.05, 0.1) is 38.0 Å². The fraction of sp³-hybridized carbons (Fsp3) is 0.217. The maximum absolute atomic E-state index is 12.6. The molecule has 0 fully saturated rings. The summed E-state index contributed by atoms with van der Waals surface area (Å²) in [6.45, 7) is 0.387. The van der Waals surface area contributed by atoms with Crippen molar-refractivity contribution in [3.05, 3.63) is 60.2 Å². The topological polar surface area (TPSA) is 90.6 Å². The number of benzene rings is 1. The summed E-state index contributed by atoms with van der Waals surface area (Å²) in [7, 11) is 2.65. The van der Waals surface area contributed by atoms with Gasteiger partial charge in [0.25, 0.3) is 5.91 Å². The Bertz CT molecular complexity index is 1340. The third-order valence-electron chi connectivity index (χ3n) is 5.10. The Morgan fingerprint density at radius 2 is 1.74 bits per heavy atom. The predicted molar refractivity (Wildman–Crippen MR) is 118 cm³/mol. The molecule has 0 aliphatic rings. The standard InChI is InChI=1S/C23H20F3N5O3/c1-13-6-16(10-29-30-13)14-4-5-31-17(11-27-20(31)9-14)15-7-18(33-2)21(19(8-15)34-3)22(32)28-12-23(24,25)26/h4-11H,12H2,1-3H3,(H,28,32). The van der Waals surface area contributed by atoms with E-state index in [0.717, 1.165) is 16.8 Å². The molecule has 0 saturated carbocycles. The highest BCUT2D eigenvalue weighted by Crippen LogP contribution is 2.36. The second-order valence-electron chi connectivity index (χ2n) is 7.43. The van der Waals surface area contributed by atoms with Gasteiger partial charge >= 0.3 is 6.18 Å². The number of aryl methyl sites for hydroxylation is 1. The summed E-state index contributed by atoms with van der Waals surface area (Å²) in [5, 5.41) is 9.80. The van der Waals surface area contributed by atoms with Crippen LogP contribution in [0.3, 0.4) is 0 Å². The first-order chi connectivity index (χ1) is 16.2. The van der Waals surface area contributed by atoms with Crippen LogP contribution in [0.5, 0.6) is 11.5 Å². The van der Waals surface area contributed by atoms with Crippen LogP contribution in [0, 0.1) is 6.92 Å². The van der Waals surface area contributed by atoms with Gasteiger partial charge in [-0.25, -0.2) is 4.98 Å². The Hall–Kier alpha value is -4.15. The van der Waals surface area contributed by atoms with Gasteiger partial charge in [-0.1, -0.05) is 0 Å². The van der Waals surface area contributed by atoms with Crippen LogP contribution in [0.4, 0.5) is 13.2 Å². The number of nitrogens with one attached hydrogen (secondary N) is 1. The van der Waals surface area contributed by atoms with Crippen LogP contribution in [-0.2, 0) is 0 Å². The molecule has 3 aromatic heterocycles. The molecule has 176 valence electrons.